The molecule has 90 valence electrons. The van der Waals surface area contributed by atoms with Gasteiger partial charge in [-0.1, -0.05) is 23.7 Å². The van der Waals surface area contributed by atoms with Gasteiger partial charge in [0.25, 0.3) is 0 Å². The zero-order chi connectivity index (χ0) is 12.3. The number of nitrogens with one attached hydrogen (secondary N) is 1. The first-order chi connectivity index (χ1) is 8.16. The molecule has 0 aliphatic heterocycles. The Bertz CT molecular complexity index is 478. The van der Waals surface area contributed by atoms with Crippen molar-refractivity contribution in [2.24, 2.45) is 0 Å². The fourth-order valence-electron chi connectivity index (χ4n) is 1.61. The van der Waals surface area contributed by atoms with Crippen molar-refractivity contribution in [2.75, 3.05) is 5.73 Å². The second kappa shape index (κ2) is 5.54. The molecule has 1 aromatic heterocycles. The Balaban J connectivity index is 1.95. The minimum absolute atomic E-state index is 0.286. The third-order valence-corrected chi connectivity index (χ3v) is 3.91. The largest absolute Gasteiger partial charge is 0.398 e. The summed E-state index contributed by atoms with van der Waals surface area (Å²) in [5, 5.41) is 6.23. The van der Waals surface area contributed by atoms with E-state index in [1.807, 2.05) is 35.7 Å². The van der Waals surface area contributed by atoms with E-state index in [9.17, 15) is 0 Å². The summed E-state index contributed by atoms with van der Waals surface area (Å²) in [5.74, 6) is 0. The highest BCUT2D eigenvalue weighted by Crippen LogP contribution is 2.21. The molecule has 1 heterocycles. The maximum Gasteiger partial charge on any atom is 0.0468 e. The second-order valence-electron chi connectivity index (χ2n) is 3.95. The lowest BCUT2D eigenvalue weighted by Gasteiger charge is -2.14. The highest BCUT2D eigenvalue weighted by atomic mass is 35.5. The maximum absolute atomic E-state index is 5.86. The minimum atomic E-state index is 0.286. The summed E-state index contributed by atoms with van der Waals surface area (Å²) < 4.78 is 0. The third kappa shape index (κ3) is 3.22. The molecule has 2 rings (SSSR count). The van der Waals surface area contributed by atoms with Crippen molar-refractivity contribution in [1.82, 2.24) is 5.32 Å². The van der Waals surface area contributed by atoms with Gasteiger partial charge < -0.3 is 11.1 Å². The van der Waals surface area contributed by atoms with Gasteiger partial charge in [0.1, 0.15) is 0 Å². The van der Waals surface area contributed by atoms with Crippen molar-refractivity contribution in [1.29, 1.82) is 0 Å². The lowest BCUT2D eigenvalue weighted by molar-refractivity contribution is 0.579. The van der Waals surface area contributed by atoms with Gasteiger partial charge >= 0.3 is 0 Å². The predicted molar refractivity (Wildman–Crippen MR) is 75.4 cm³/mol. The van der Waals surface area contributed by atoms with Crippen LogP contribution in [0.2, 0.25) is 5.02 Å². The van der Waals surface area contributed by atoms with Gasteiger partial charge in [-0.05, 0) is 36.1 Å². The molecule has 1 aromatic carbocycles. The van der Waals surface area contributed by atoms with Crippen molar-refractivity contribution >= 4 is 28.6 Å². The average molecular weight is 267 g/mol. The Morgan fingerprint density at radius 3 is 2.59 bits per heavy atom. The molecule has 0 amide bonds. The summed E-state index contributed by atoms with van der Waals surface area (Å²) in [6, 6.07) is 10.1. The number of nitrogen functional groups attached to an aromatic ring is 1. The number of halogens is 1. The Hall–Kier alpha value is -1.03. The number of hydrogen-bond acceptors (Lipinski definition) is 3. The summed E-state index contributed by atoms with van der Waals surface area (Å²) in [6.45, 7) is 2.93. The molecule has 0 bridgehead atoms. The first-order valence-corrected chi connectivity index (χ1v) is 6.73. The summed E-state index contributed by atoms with van der Waals surface area (Å²) in [4.78, 5) is 1.19. The SMILES string of the molecule is C[C@H](NCc1sccc1N)c1ccc(Cl)cc1. The van der Waals surface area contributed by atoms with Crippen LogP contribution >= 0.6 is 22.9 Å². The predicted octanol–water partition coefficient (Wildman–Crippen LogP) is 3.83. The number of thiophene rings is 1. The van der Waals surface area contributed by atoms with E-state index in [1.165, 1.54) is 10.4 Å². The fraction of sp³-hybridized carbons (Fsp3) is 0.231. The summed E-state index contributed by atoms with van der Waals surface area (Å²) >= 11 is 7.54. The van der Waals surface area contributed by atoms with Gasteiger partial charge in [0, 0.05) is 28.2 Å². The lowest BCUT2D eigenvalue weighted by Crippen LogP contribution is -2.17. The van der Waals surface area contributed by atoms with Crippen LogP contribution < -0.4 is 11.1 Å². The average Bonchev–Trinajstić information content (AvgIpc) is 2.73. The molecule has 2 nitrogen and oxygen atoms in total. The molecule has 0 radical (unpaired) electrons. The van der Waals surface area contributed by atoms with Crippen LogP contribution in [0.25, 0.3) is 0 Å². The van der Waals surface area contributed by atoms with Gasteiger partial charge in [-0.25, -0.2) is 0 Å². The molecular weight excluding hydrogens is 252 g/mol. The van der Waals surface area contributed by atoms with E-state index in [1.54, 1.807) is 11.3 Å². The minimum Gasteiger partial charge on any atom is -0.398 e. The zero-order valence-electron chi connectivity index (χ0n) is 9.61. The van der Waals surface area contributed by atoms with Crippen LogP contribution in [-0.2, 0) is 6.54 Å². The Morgan fingerprint density at radius 1 is 1.29 bits per heavy atom. The van der Waals surface area contributed by atoms with Gasteiger partial charge in [-0.3, -0.25) is 0 Å². The normalized spacial score (nSPS) is 12.6. The molecule has 1 atom stereocenters. The van der Waals surface area contributed by atoms with Crippen LogP contribution in [-0.4, -0.2) is 0 Å². The Labute approximate surface area is 110 Å². The molecule has 0 saturated heterocycles. The molecule has 17 heavy (non-hydrogen) atoms. The van der Waals surface area contributed by atoms with Crippen LogP contribution in [0.15, 0.2) is 35.7 Å². The molecule has 2 aromatic rings. The number of nitrogens with two attached hydrogens (primary N) is 1. The third-order valence-electron chi connectivity index (χ3n) is 2.72. The van der Waals surface area contributed by atoms with E-state index in [2.05, 4.69) is 12.2 Å². The Kier molecular flexibility index (Phi) is 4.05. The monoisotopic (exact) mass is 266 g/mol. The number of anilines is 1. The first kappa shape index (κ1) is 12.4. The van der Waals surface area contributed by atoms with Gasteiger partial charge in [0.15, 0.2) is 0 Å². The standard InChI is InChI=1S/C13H15ClN2S/c1-9(10-2-4-11(14)5-3-10)16-8-13-12(15)6-7-17-13/h2-7,9,16H,8,15H2,1H3/t9-/m0/s1. The van der Waals surface area contributed by atoms with E-state index < -0.39 is 0 Å². The van der Waals surface area contributed by atoms with E-state index in [0.29, 0.717) is 0 Å². The molecule has 0 aliphatic rings. The van der Waals surface area contributed by atoms with Crippen LogP contribution in [0.4, 0.5) is 5.69 Å². The molecule has 0 unspecified atom stereocenters. The highest BCUT2D eigenvalue weighted by molar-refractivity contribution is 7.10. The number of benzene rings is 1. The highest BCUT2D eigenvalue weighted by Gasteiger charge is 2.06. The van der Waals surface area contributed by atoms with Crippen LogP contribution in [0.1, 0.15) is 23.4 Å². The second-order valence-corrected chi connectivity index (χ2v) is 5.39. The van der Waals surface area contributed by atoms with Gasteiger partial charge in [0.05, 0.1) is 0 Å². The van der Waals surface area contributed by atoms with Gasteiger partial charge in [-0.15, -0.1) is 11.3 Å². The van der Waals surface area contributed by atoms with Crippen LogP contribution in [0, 0.1) is 0 Å². The number of rotatable bonds is 4. The molecule has 4 heteroatoms. The van der Waals surface area contributed by atoms with E-state index >= 15 is 0 Å². The summed E-state index contributed by atoms with van der Waals surface area (Å²) in [5.41, 5.74) is 7.93. The summed E-state index contributed by atoms with van der Waals surface area (Å²) in [6.07, 6.45) is 0. The van der Waals surface area contributed by atoms with Crippen LogP contribution in [0.5, 0.6) is 0 Å². The molecule has 3 N–H and O–H groups in total. The topological polar surface area (TPSA) is 38.0 Å². The smallest absolute Gasteiger partial charge is 0.0468 e. The quantitative estimate of drug-likeness (QED) is 0.883. The van der Waals surface area contributed by atoms with Crippen molar-refractivity contribution in [2.45, 2.75) is 19.5 Å². The van der Waals surface area contributed by atoms with Crippen molar-refractivity contribution in [3.05, 3.63) is 51.2 Å². The van der Waals surface area contributed by atoms with E-state index in [0.717, 1.165) is 17.3 Å². The molecular formula is C13H15ClN2S. The maximum atomic E-state index is 5.86. The zero-order valence-corrected chi connectivity index (χ0v) is 11.2. The molecule has 0 saturated carbocycles. The van der Waals surface area contributed by atoms with Gasteiger partial charge in [-0.2, -0.15) is 0 Å². The van der Waals surface area contributed by atoms with Crippen molar-refractivity contribution in [3.8, 4) is 0 Å². The van der Waals surface area contributed by atoms with Crippen LogP contribution in [0.3, 0.4) is 0 Å². The molecule has 0 aliphatic carbocycles. The van der Waals surface area contributed by atoms with Crippen molar-refractivity contribution < 1.29 is 0 Å². The number of hydrogen-bond donors (Lipinski definition) is 2. The summed E-state index contributed by atoms with van der Waals surface area (Å²) in [7, 11) is 0. The fourth-order valence-corrected chi connectivity index (χ4v) is 2.48. The van der Waals surface area contributed by atoms with Crippen molar-refractivity contribution in [3.63, 3.8) is 0 Å². The molecule has 0 fully saturated rings. The van der Waals surface area contributed by atoms with E-state index in [4.69, 9.17) is 17.3 Å². The van der Waals surface area contributed by atoms with Gasteiger partial charge in [0.2, 0.25) is 0 Å². The van der Waals surface area contributed by atoms with E-state index in [-0.39, 0.29) is 6.04 Å². The molecule has 0 spiro atoms. The Morgan fingerprint density at radius 2 is 2.00 bits per heavy atom. The lowest BCUT2D eigenvalue weighted by atomic mass is 10.1. The first-order valence-electron chi connectivity index (χ1n) is 5.47.